The van der Waals surface area contributed by atoms with Crippen molar-refractivity contribution in [2.24, 2.45) is 0 Å². The van der Waals surface area contributed by atoms with Gasteiger partial charge in [-0.3, -0.25) is 0 Å². The molecule has 1 N–H and O–H groups in total. The van der Waals surface area contributed by atoms with Gasteiger partial charge in [-0.1, -0.05) is 19.1 Å². The second-order valence-electron chi connectivity index (χ2n) is 3.75. The number of carbonyl (C=O) groups is 1. The number of rotatable bonds is 7. The average molecular weight is 238 g/mol. The van der Waals surface area contributed by atoms with Crippen LogP contribution in [0.4, 0.5) is 0 Å². The maximum Gasteiger partial charge on any atom is 0.333 e. The highest BCUT2D eigenvalue weighted by molar-refractivity contribution is 5.72. The van der Waals surface area contributed by atoms with Crippen LogP contribution in [0, 0.1) is 0 Å². The maximum atomic E-state index is 11.0. The molecule has 0 spiro atoms. The van der Waals surface area contributed by atoms with Crippen LogP contribution in [0.5, 0.6) is 5.75 Å². The highest BCUT2D eigenvalue weighted by Crippen LogP contribution is 2.15. The summed E-state index contributed by atoms with van der Waals surface area (Å²) in [4.78, 5) is 11.0. The van der Waals surface area contributed by atoms with Gasteiger partial charge in [0.25, 0.3) is 0 Å². The molecule has 4 nitrogen and oxygen atoms in total. The first-order valence-electron chi connectivity index (χ1n) is 5.64. The minimum Gasteiger partial charge on any atom is -0.497 e. The normalized spacial score (nSPS) is 12.1. The summed E-state index contributed by atoms with van der Waals surface area (Å²) in [5.74, 6) is -0.205. The van der Waals surface area contributed by atoms with E-state index in [0.717, 1.165) is 17.7 Å². The third kappa shape index (κ3) is 4.44. The molecule has 0 saturated heterocycles. The fourth-order valence-electron chi connectivity index (χ4n) is 1.49. The highest BCUT2D eigenvalue weighted by atomic mass is 16.5. The van der Waals surface area contributed by atoms with Crippen molar-refractivity contribution in [2.75, 3.05) is 13.7 Å². The van der Waals surface area contributed by atoms with E-state index in [1.54, 1.807) is 7.11 Å². The zero-order valence-corrected chi connectivity index (χ0v) is 10.2. The van der Waals surface area contributed by atoms with E-state index in [1.165, 1.54) is 0 Å². The van der Waals surface area contributed by atoms with Crippen LogP contribution in [0.15, 0.2) is 24.3 Å². The molecule has 0 amide bonds. The van der Waals surface area contributed by atoms with Gasteiger partial charge in [0.2, 0.25) is 0 Å². The molecule has 1 atom stereocenters. The molecule has 94 valence electrons. The Morgan fingerprint density at radius 3 is 2.82 bits per heavy atom. The van der Waals surface area contributed by atoms with E-state index in [2.05, 4.69) is 0 Å². The van der Waals surface area contributed by atoms with E-state index in [0.29, 0.717) is 13.0 Å². The van der Waals surface area contributed by atoms with Crippen molar-refractivity contribution in [3.8, 4) is 5.75 Å². The number of aliphatic carboxylic acids is 1. The number of hydrogen-bond donors (Lipinski definition) is 1. The zero-order chi connectivity index (χ0) is 12.7. The van der Waals surface area contributed by atoms with Crippen molar-refractivity contribution in [1.82, 2.24) is 0 Å². The topological polar surface area (TPSA) is 55.8 Å². The molecule has 0 heterocycles. The molecule has 0 unspecified atom stereocenters. The van der Waals surface area contributed by atoms with Crippen LogP contribution in [0.3, 0.4) is 0 Å². The molecule has 1 aromatic rings. The van der Waals surface area contributed by atoms with E-state index in [1.807, 2.05) is 31.2 Å². The summed E-state index contributed by atoms with van der Waals surface area (Å²) >= 11 is 0. The van der Waals surface area contributed by atoms with Crippen LogP contribution in [0.2, 0.25) is 0 Å². The van der Waals surface area contributed by atoms with Gasteiger partial charge in [0.05, 0.1) is 7.11 Å². The van der Waals surface area contributed by atoms with Gasteiger partial charge in [0.15, 0.2) is 6.10 Å². The van der Waals surface area contributed by atoms with Crippen LogP contribution < -0.4 is 4.74 Å². The van der Waals surface area contributed by atoms with E-state index >= 15 is 0 Å². The van der Waals surface area contributed by atoms with Crippen molar-refractivity contribution in [3.05, 3.63) is 29.8 Å². The first-order chi connectivity index (χ1) is 8.17. The number of carboxylic acid groups (broad SMARTS) is 1. The molecule has 0 aliphatic carbocycles. The van der Waals surface area contributed by atoms with Crippen LogP contribution in [0.25, 0.3) is 0 Å². The minimum atomic E-state index is -0.929. The third-order valence-electron chi connectivity index (χ3n) is 2.35. The Morgan fingerprint density at radius 1 is 1.47 bits per heavy atom. The van der Waals surface area contributed by atoms with Gasteiger partial charge in [0.1, 0.15) is 5.75 Å². The lowest BCUT2D eigenvalue weighted by Gasteiger charge is -2.13. The fourth-order valence-corrected chi connectivity index (χ4v) is 1.49. The molecule has 0 radical (unpaired) electrons. The van der Waals surface area contributed by atoms with Gasteiger partial charge in [-0.05, 0) is 24.1 Å². The maximum absolute atomic E-state index is 11.0. The van der Waals surface area contributed by atoms with Gasteiger partial charge in [-0.2, -0.15) is 0 Å². The smallest absolute Gasteiger partial charge is 0.333 e. The summed E-state index contributed by atoms with van der Waals surface area (Å²) in [6.07, 6.45) is 0.371. The molecule has 0 bridgehead atoms. The van der Waals surface area contributed by atoms with Crippen LogP contribution in [-0.4, -0.2) is 30.9 Å². The first-order valence-corrected chi connectivity index (χ1v) is 5.64. The first kappa shape index (κ1) is 13.5. The summed E-state index contributed by atoms with van der Waals surface area (Å²) in [7, 11) is 1.58. The van der Waals surface area contributed by atoms with Crippen molar-refractivity contribution in [3.63, 3.8) is 0 Å². The van der Waals surface area contributed by atoms with Gasteiger partial charge in [0, 0.05) is 13.0 Å². The molecule has 1 aromatic carbocycles. The molecular formula is C13H18O4. The van der Waals surface area contributed by atoms with Gasteiger partial charge in [-0.25, -0.2) is 4.79 Å². The number of methoxy groups -OCH3 is 1. The van der Waals surface area contributed by atoms with Gasteiger partial charge in [-0.15, -0.1) is 0 Å². The standard InChI is InChI=1S/C13H18O4/c1-3-7-17-12(13(14)15)9-10-5-4-6-11(8-10)16-2/h4-6,8,12H,3,7,9H2,1-2H3,(H,14,15)/t12-/m0/s1. The van der Waals surface area contributed by atoms with Gasteiger partial charge < -0.3 is 14.6 Å². The summed E-state index contributed by atoms with van der Waals surface area (Å²) in [5, 5.41) is 9.03. The Kier molecular flexibility index (Phi) is 5.49. The molecule has 0 aromatic heterocycles. The third-order valence-corrected chi connectivity index (χ3v) is 2.35. The lowest BCUT2D eigenvalue weighted by Crippen LogP contribution is -2.26. The van der Waals surface area contributed by atoms with Gasteiger partial charge >= 0.3 is 5.97 Å². The van der Waals surface area contributed by atoms with Crippen LogP contribution >= 0.6 is 0 Å². The fraction of sp³-hybridized carbons (Fsp3) is 0.462. The number of carboxylic acids is 1. The van der Waals surface area contributed by atoms with Crippen LogP contribution in [0.1, 0.15) is 18.9 Å². The van der Waals surface area contributed by atoms with Crippen molar-refractivity contribution >= 4 is 5.97 Å². The SMILES string of the molecule is CCCO[C@@H](Cc1cccc(OC)c1)C(=O)O. The summed E-state index contributed by atoms with van der Waals surface area (Å²) in [6.45, 7) is 2.41. The molecular weight excluding hydrogens is 220 g/mol. The monoisotopic (exact) mass is 238 g/mol. The molecule has 0 saturated carbocycles. The Hall–Kier alpha value is -1.55. The number of ether oxygens (including phenoxy) is 2. The Balaban J connectivity index is 2.67. The molecule has 17 heavy (non-hydrogen) atoms. The molecule has 1 rings (SSSR count). The largest absolute Gasteiger partial charge is 0.497 e. The lowest BCUT2D eigenvalue weighted by molar-refractivity contribution is -0.150. The molecule has 4 heteroatoms. The van der Waals surface area contributed by atoms with E-state index in [9.17, 15) is 4.79 Å². The molecule has 0 aliphatic rings. The van der Waals surface area contributed by atoms with Crippen molar-refractivity contribution in [2.45, 2.75) is 25.9 Å². The molecule has 0 fully saturated rings. The second kappa shape index (κ2) is 6.91. The predicted molar refractivity (Wildman–Crippen MR) is 64.4 cm³/mol. The van der Waals surface area contributed by atoms with E-state index in [-0.39, 0.29) is 0 Å². The number of benzene rings is 1. The predicted octanol–water partition coefficient (Wildman–Crippen LogP) is 2.12. The summed E-state index contributed by atoms with van der Waals surface area (Å²) in [6, 6.07) is 7.36. The quantitative estimate of drug-likeness (QED) is 0.790. The summed E-state index contributed by atoms with van der Waals surface area (Å²) in [5.41, 5.74) is 0.896. The second-order valence-corrected chi connectivity index (χ2v) is 3.75. The van der Waals surface area contributed by atoms with Crippen molar-refractivity contribution < 1.29 is 19.4 Å². The van der Waals surface area contributed by atoms with Crippen LogP contribution in [-0.2, 0) is 16.0 Å². The Bertz CT molecular complexity index is 362. The molecule has 0 aliphatic heterocycles. The Labute approximate surface area is 101 Å². The summed E-state index contributed by atoms with van der Waals surface area (Å²) < 4.78 is 10.4. The lowest BCUT2D eigenvalue weighted by atomic mass is 10.1. The Morgan fingerprint density at radius 2 is 2.24 bits per heavy atom. The number of hydrogen-bond acceptors (Lipinski definition) is 3. The van der Waals surface area contributed by atoms with E-state index < -0.39 is 12.1 Å². The average Bonchev–Trinajstić information content (AvgIpc) is 2.34. The van der Waals surface area contributed by atoms with E-state index in [4.69, 9.17) is 14.6 Å². The zero-order valence-electron chi connectivity index (χ0n) is 10.2. The minimum absolute atomic E-state index is 0.354. The van der Waals surface area contributed by atoms with Crippen molar-refractivity contribution in [1.29, 1.82) is 0 Å². The highest BCUT2D eigenvalue weighted by Gasteiger charge is 2.18.